The molecule has 1 saturated heterocycles. The first-order chi connectivity index (χ1) is 12.4. The Balaban J connectivity index is 1.52. The molecule has 2 aliphatic rings. The highest BCUT2D eigenvalue weighted by Crippen LogP contribution is 2.46. The van der Waals surface area contributed by atoms with Gasteiger partial charge in [-0.25, -0.2) is 0 Å². The van der Waals surface area contributed by atoms with E-state index in [1.54, 1.807) is 6.20 Å². The lowest BCUT2D eigenvalue weighted by molar-refractivity contribution is -0.135. The van der Waals surface area contributed by atoms with Gasteiger partial charge in [-0.1, -0.05) is 25.4 Å². The number of carbonyl (C=O) groups excluding carboxylic acids is 1. The van der Waals surface area contributed by atoms with Gasteiger partial charge in [-0.05, 0) is 49.1 Å². The second-order valence-corrected chi connectivity index (χ2v) is 8.86. The molecule has 6 heteroatoms. The van der Waals surface area contributed by atoms with Crippen LogP contribution in [0.1, 0.15) is 51.2 Å². The summed E-state index contributed by atoms with van der Waals surface area (Å²) < 4.78 is 0. The van der Waals surface area contributed by atoms with Crippen LogP contribution in [0.15, 0.2) is 18.3 Å². The monoisotopic (exact) mass is 375 g/mol. The first-order valence-electron chi connectivity index (χ1n) is 9.47. The Morgan fingerprint density at radius 1 is 1.31 bits per heavy atom. The molecule has 1 aliphatic carbocycles. The average Bonchev–Trinajstić information content (AvgIpc) is 3.38. The van der Waals surface area contributed by atoms with Gasteiger partial charge in [0, 0.05) is 35.0 Å². The maximum absolute atomic E-state index is 12.3. The van der Waals surface area contributed by atoms with Crippen molar-refractivity contribution in [2.24, 2.45) is 17.3 Å². The first-order valence-corrected chi connectivity index (χ1v) is 9.85. The second kappa shape index (κ2) is 6.54. The maximum atomic E-state index is 12.3. The number of rotatable bonds is 4. The van der Waals surface area contributed by atoms with Crippen LogP contribution in [0.25, 0.3) is 10.9 Å². The molecule has 2 heterocycles. The van der Waals surface area contributed by atoms with E-state index in [1.165, 1.54) is 0 Å². The van der Waals surface area contributed by atoms with Gasteiger partial charge < -0.3 is 10.0 Å². The van der Waals surface area contributed by atoms with Crippen LogP contribution >= 0.6 is 11.6 Å². The molecule has 1 aliphatic heterocycles. The zero-order chi connectivity index (χ0) is 18.5. The first kappa shape index (κ1) is 17.8. The van der Waals surface area contributed by atoms with Crippen molar-refractivity contribution in [1.29, 1.82) is 0 Å². The highest BCUT2D eigenvalue weighted by molar-refractivity contribution is 6.31. The zero-order valence-electron chi connectivity index (χ0n) is 15.3. The molecule has 2 N–H and O–H groups in total. The molecule has 2 aromatic rings. The third-order valence-electron chi connectivity index (χ3n) is 6.33. The van der Waals surface area contributed by atoms with Crippen LogP contribution in [0, 0.1) is 17.3 Å². The molecule has 0 unspecified atom stereocenters. The molecule has 1 saturated carbocycles. The number of nitrogens with one attached hydrogen (secondary N) is 1. The summed E-state index contributed by atoms with van der Waals surface area (Å²) in [5, 5.41) is 19.8. The Labute approximate surface area is 158 Å². The van der Waals surface area contributed by atoms with Crippen molar-refractivity contribution in [2.75, 3.05) is 13.1 Å². The van der Waals surface area contributed by atoms with Crippen molar-refractivity contribution in [2.45, 2.75) is 45.6 Å². The Bertz CT molecular complexity index is 820. The molecule has 2 fully saturated rings. The number of aromatic amines is 1. The van der Waals surface area contributed by atoms with Crippen molar-refractivity contribution in [3.63, 3.8) is 0 Å². The number of fused-ring (bicyclic) bond motifs is 1. The number of amides is 1. The topological polar surface area (TPSA) is 69.2 Å². The summed E-state index contributed by atoms with van der Waals surface area (Å²) in [6.45, 7) is 5.82. The molecule has 0 radical (unpaired) electrons. The van der Waals surface area contributed by atoms with Crippen LogP contribution in [0.2, 0.25) is 5.02 Å². The molecule has 4 rings (SSSR count). The van der Waals surface area contributed by atoms with Gasteiger partial charge in [0.1, 0.15) is 0 Å². The molecular formula is C20H26ClN3O2. The van der Waals surface area contributed by atoms with Crippen LogP contribution in [-0.4, -0.2) is 39.2 Å². The molecular weight excluding hydrogens is 350 g/mol. The van der Waals surface area contributed by atoms with E-state index in [4.69, 9.17) is 11.6 Å². The summed E-state index contributed by atoms with van der Waals surface area (Å²) in [5.41, 5.74) is 1.32. The minimum atomic E-state index is -0.653. The van der Waals surface area contributed by atoms with Gasteiger partial charge in [-0.3, -0.25) is 9.89 Å². The molecule has 1 aromatic heterocycles. The van der Waals surface area contributed by atoms with Gasteiger partial charge >= 0.3 is 0 Å². The van der Waals surface area contributed by atoms with Gasteiger partial charge in [-0.15, -0.1) is 0 Å². The van der Waals surface area contributed by atoms with Gasteiger partial charge in [0.25, 0.3) is 0 Å². The number of benzene rings is 1. The fourth-order valence-corrected chi connectivity index (χ4v) is 4.55. The number of hydrogen-bond donors (Lipinski definition) is 2. The largest absolute Gasteiger partial charge is 0.388 e. The third-order valence-corrected chi connectivity index (χ3v) is 6.55. The quantitative estimate of drug-likeness (QED) is 0.850. The molecule has 0 bridgehead atoms. The van der Waals surface area contributed by atoms with E-state index in [-0.39, 0.29) is 11.3 Å². The average molecular weight is 376 g/mol. The molecule has 0 spiro atoms. The summed E-state index contributed by atoms with van der Waals surface area (Å²) in [5.74, 6) is 0.957. The van der Waals surface area contributed by atoms with Crippen LogP contribution in [0.5, 0.6) is 0 Å². The predicted molar refractivity (Wildman–Crippen MR) is 102 cm³/mol. The molecule has 26 heavy (non-hydrogen) atoms. The summed E-state index contributed by atoms with van der Waals surface area (Å²) >= 11 is 6.25. The number of likely N-dealkylation sites (tertiary alicyclic amines) is 1. The fraction of sp³-hybridized carbons (Fsp3) is 0.600. The molecule has 140 valence electrons. The number of aliphatic hydroxyl groups is 1. The van der Waals surface area contributed by atoms with Gasteiger partial charge in [0.15, 0.2) is 0 Å². The molecule has 1 amide bonds. The van der Waals surface area contributed by atoms with E-state index in [0.29, 0.717) is 16.8 Å². The van der Waals surface area contributed by atoms with Crippen molar-refractivity contribution >= 4 is 28.4 Å². The van der Waals surface area contributed by atoms with Crippen LogP contribution in [0.4, 0.5) is 0 Å². The number of halogens is 1. The van der Waals surface area contributed by atoms with Crippen LogP contribution < -0.4 is 0 Å². The zero-order valence-corrected chi connectivity index (χ0v) is 16.1. The smallest absolute Gasteiger partial charge is 0.225 e. The number of hydrogen-bond acceptors (Lipinski definition) is 3. The van der Waals surface area contributed by atoms with Crippen molar-refractivity contribution < 1.29 is 9.90 Å². The van der Waals surface area contributed by atoms with Crippen molar-refractivity contribution in [3.05, 3.63) is 28.9 Å². The third kappa shape index (κ3) is 3.12. The van der Waals surface area contributed by atoms with E-state index in [1.807, 2.05) is 17.0 Å². The van der Waals surface area contributed by atoms with Gasteiger partial charge in [-0.2, -0.15) is 5.10 Å². The summed E-state index contributed by atoms with van der Waals surface area (Å²) in [4.78, 5) is 14.3. The SMILES string of the molecule is CC(C)(C1CCN(C(=O)C2CC2)CC1)[C@H](O)c1cc(Cl)cc2cn[nH]c12. The number of nitrogens with zero attached hydrogens (tertiary/aromatic N) is 2. The van der Waals surface area contributed by atoms with E-state index < -0.39 is 6.10 Å². The highest BCUT2D eigenvalue weighted by atomic mass is 35.5. The highest BCUT2D eigenvalue weighted by Gasteiger charge is 2.42. The minimum Gasteiger partial charge on any atom is -0.388 e. The maximum Gasteiger partial charge on any atom is 0.225 e. The van der Waals surface area contributed by atoms with E-state index in [0.717, 1.165) is 55.2 Å². The molecule has 1 atom stereocenters. The number of carbonyl (C=O) groups is 1. The number of aromatic nitrogens is 2. The molecule has 1 aromatic carbocycles. The predicted octanol–water partition coefficient (Wildman–Crippen LogP) is 3.92. The van der Waals surface area contributed by atoms with Gasteiger partial charge in [0.2, 0.25) is 5.91 Å². The lowest BCUT2D eigenvalue weighted by Gasteiger charge is -2.43. The van der Waals surface area contributed by atoms with E-state index in [9.17, 15) is 9.90 Å². The molecule has 5 nitrogen and oxygen atoms in total. The van der Waals surface area contributed by atoms with E-state index >= 15 is 0 Å². The standard InChI is InChI=1S/C20H26ClN3O2/c1-20(2,14-5-7-24(8-6-14)19(26)12-3-4-12)18(25)16-10-15(21)9-13-11-22-23-17(13)16/h9-12,14,18,25H,3-8H2,1-2H3,(H,22,23)/t18-/m1/s1. The summed E-state index contributed by atoms with van der Waals surface area (Å²) in [7, 11) is 0. The van der Waals surface area contributed by atoms with Crippen molar-refractivity contribution in [1.82, 2.24) is 15.1 Å². The lowest BCUT2D eigenvalue weighted by Crippen LogP contribution is -2.44. The fourth-order valence-electron chi connectivity index (χ4n) is 4.32. The lowest BCUT2D eigenvalue weighted by atomic mass is 9.68. The Hall–Kier alpha value is -1.59. The van der Waals surface area contributed by atoms with Crippen LogP contribution in [-0.2, 0) is 4.79 Å². The Morgan fingerprint density at radius 3 is 2.65 bits per heavy atom. The Morgan fingerprint density at radius 2 is 2.00 bits per heavy atom. The minimum absolute atomic E-state index is 0.283. The summed E-state index contributed by atoms with van der Waals surface area (Å²) in [6.07, 6.45) is 5.03. The summed E-state index contributed by atoms with van der Waals surface area (Å²) in [6, 6.07) is 3.69. The van der Waals surface area contributed by atoms with Crippen molar-refractivity contribution in [3.8, 4) is 0 Å². The van der Waals surface area contributed by atoms with E-state index in [2.05, 4.69) is 24.0 Å². The number of aliphatic hydroxyl groups excluding tert-OH is 1. The number of piperidine rings is 1. The Kier molecular flexibility index (Phi) is 4.48. The number of H-pyrrole nitrogens is 1. The second-order valence-electron chi connectivity index (χ2n) is 8.43. The normalized spacial score (nSPS) is 20.5. The van der Waals surface area contributed by atoms with Crippen LogP contribution in [0.3, 0.4) is 0 Å². The van der Waals surface area contributed by atoms with Gasteiger partial charge in [0.05, 0.1) is 17.8 Å².